The van der Waals surface area contributed by atoms with Crippen LogP contribution in [0, 0.1) is 5.92 Å². The molecule has 0 bridgehead atoms. The Morgan fingerprint density at radius 3 is 2.43 bits per heavy atom. The zero-order valence-electron chi connectivity index (χ0n) is 17.1. The molecule has 0 atom stereocenters. The zero-order valence-corrected chi connectivity index (χ0v) is 17.9. The number of carbonyl (C=O) groups is 1. The van der Waals surface area contributed by atoms with E-state index < -0.39 is 10.0 Å². The maximum Gasteiger partial charge on any atom is 0.232 e. The van der Waals surface area contributed by atoms with Crippen molar-refractivity contribution in [2.45, 2.75) is 44.9 Å². The number of amides is 1. The topological polar surface area (TPSA) is 84.9 Å². The third-order valence-electron chi connectivity index (χ3n) is 5.13. The third-order valence-corrected chi connectivity index (χ3v) is 6.33. The van der Waals surface area contributed by atoms with Crippen LogP contribution in [0.1, 0.15) is 44.9 Å². The Balaban J connectivity index is 1.91. The molecular weight excluding hydrogens is 380 g/mol. The first-order chi connectivity index (χ1) is 13.3. The van der Waals surface area contributed by atoms with E-state index in [0.29, 0.717) is 35.9 Å². The predicted molar refractivity (Wildman–Crippen MR) is 111 cm³/mol. The molecule has 1 fully saturated rings. The minimum atomic E-state index is -3.48. The van der Waals surface area contributed by atoms with Crippen molar-refractivity contribution in [3.05, 3.63) is 18.2 Å². The molecule has 0 aromatic heterocycles. The average Bonchev–Trinajstić information content (AvgIpc) is 2.69. The summed E-state index contributed by atoms with van der Waals surface area (Å²) in [7, 11) is -0.456. The predicted octanol–water partition coefficient (Wildman–Crippen LogP) is 2.95. The summed E-state index contributed by atoms with van der Waals surface area (Å²) in [5.41, 5.74) is 0.489. The van der Waals surface area contributed by atoms with Gasteiger partial charge in [-0.3, -0.25) is 9.10 Å². The molecule has 2 rings (SSSR count). The molecule has 1 aliphatic rings. The fraction of sp³-hybridized carbons (Fsp3) is 0.650. The van der Waals surface area contributed by atoms with Crippen molar-refractivity contribution in [3.8, 4) is 11.5 Å². The molecule has 0 radical (unpaired) electrons. The van der Waals surface area contributed by atoms with E-state index in [9.17, 15) is 13.2 Å². The fourth-order valence-corrected chi connectivity index (χ4v) is 4.54. The smallest absolute Gasteiger partial charge is 0.232 e. The molecule has 28 heavy (non-hydrogen) atoms. The van der Waals surface area contributed by atoms with Crippen LogP contribution in [0.25, 0.3) is 0 Å². The lowest BCUT2D eigenvalue weighted by atomic mass is 9.89. The summed E-state index contributed by atoms with van der Waals surface area (Å²) in [6.07, 6.45) is 8.05. The Labute approximate surface area is 168 Å². The number of sulfonamides is 1. The molecule has 0 spiro atoms. The Bertz CT molecular complexity index is 745. The molecule has 0 unspecified atom stereocenters. The number of rotatable bonds is 10. The number of hydrogen-bond acceptors (Lipinski definition) is 5. The third kappa shape index (κ3) is 6.58. The SMILES string of the molecule is COc1ccc(N(CCCC(=O)NCC2CCCCC2)S(C)(=O)=O)cc1OC. The lowest BCUT2D eigenvalue weighted by Gasteiger charge is -2.24. The first-order valence-electron chi connectivity index (χ1n) is 9.81. The molecule has 1 saturated carbocycles. The second-order valence-corrected chi connectivity index (χ2v) is 9.19. The number of methoxy groups -OCH3 is 2. The highest BCUT2D eigenvalue weighted by molar-refractivity contribution is 7.92. The highest BCUT2D eigenvalue weighted by Gasteiger charge is 2.20. The minimum absolute atomic E-state index is 0.0219. The van der Waals surface area contributed by atoms with Crippen LogP contribution in [0.2, 0.25) is 0 Å². The van der Waals surface area contributed by atoms with Crippen LogP contribution in [0.15, 0.2) is 18.2 Å². The van der Waals surface area contributed by atoms with Gasteiger partial charge in [0.25, 0.3) is 0 Å². The summed E-state index contributed by atoms with van der Waals surface area (Å²) in [4.78, 5) is 12.1. The quantitative estimate of drug-likeness (QED) is 0.639. The first kappa shape index (κ1) is 22.3. The van der Waals surface area contributed by atoms with Crippen molar-refractivity contribution >= 4 is 21.6 Å². The van der Waals surface area contributed by atoms with Gasteiger partial charge in [0.2, 0.25) is 15.9 Å². The van der Waals surface area contributed by atoms with Gasteiger partial charge >= 0.3 is 0 Å². The lowest BCUT2D eigenvalue weighted by molar-refractivity contribution is -0.121. The Morgan fingerprint density at radius 1 is 1.14 bits per heavy atom. The van der Waals surface area contributed by atoms with Gasteiger partial charge in [0.15, 0.2) is 11.5 Å². The van der Waals surface area contributed by atoms with Gasteiger partial charge in [-0.2, -0.15) is 0 Å². The summed E-state index contributed by atoms with van der Waals surface area (Å²) in [6, 6.07) is 4.97. The van der Waals surface area contributed by atoms with Crippen molar-refractivity contribution in [3.63, 3.8) is 0 Å². The van der Waals surface area contributed by atoms with E-state index in [1.165, 1.54) is 50.6 Å². The molecule has 1 amide bonds. The lowest BCUT2D eigenvalue weighted by Crippen LogP contribution is -2.33. The van der Waals surface area contributed by atoms with Crippen LogP contribution in [0.5, 0.6) is 11.5 Å². The second-order valence-electron chi connectivity index (χ2n) is 7.29. The summed E-state index contributed by atoms with van der Waals surface area (Å²) in [5, 5.41) is 2.99. The van der Waals surface area contributed by atoms with Crippen LogP contribution < -0.4 is 19.1 Å². The van der Waals surface area contributed by atoms with Crippen molar-refractivity contribution in [2.24, 2.45) is 5.92 Å². The molecule has 158 valence electrons. The highest BCUT2D eigenvalue weighted by atomic mass is 32.2. The number of ether oxygens (including phenoxy) is 2. The summed E-state index contributed by atoms with van der Waals surface area (Å²) in [6.45, 7) is 0.954. The molecule has 1 aliphatic carbocycles. The van der Waals surface area contributed by atoms with Crippen molar-refractivity contribution < 1.29 is 22.7 Å². The Kier molecular flexibility index (Phi) is 8.41. The van der Waals surface area contributed by atoms with Gasteiger partial charge in [-0.05, 0) is 37.3 Å². The van der Waals surface area contributed by atoms with E-state index in [1.54, 1.807) is 18.2 Å². The second kappa shape index (κ2) is 10.5. The molecule has 1 aromatic carbocycles. The number of carbonyl (C=O) groups excluding carboxylic acids is 1. The maximum absolute atomic E-state index is 12.2. The van der Waals surface area contributed by atoms with Crippen LogP contribution in [0.3, 0.4) is 0 Å². The molecule has 0 aliphatic heterocycles. The number of hydrogen-bond donors (Lipinski definition) is 1. The van der Waals surface area contributed by atoms with Crippen LogP contribution >= 0.6 is 0 Å². The van der Waals surface area contributed by atoms with Crippen molar-refractivity contribution in [2.75, 3.05) is 37.9 Å². The van der Waals surface area contributed by atoms with E-state index in [0.717, 1.165) is 12.8 Å². The molecule has 0 heterocycles. The van der Waals surface area contributed by atoms with Gasteiger partial charge in [-0.25, -0.2) is 8.42 Å². The van der Waals surface area contributed by atoms with Gasteiger partial charge in [0.05, 0.1) is 26.2 Å². The molecule has 1 N–H and O–H groups in total. The van der Waals surface area contributed by atoms with Crippen LogP contribution in [-0.4, -0.2) is 47.9 Å². The molecule has 8 heteroatoms. The Hall–Kier alpha value is -1.96. The largest absolute Gasteiger partial charge is 0.493 e. The normalized spacial score (nSPS) is 15.1. The van der Waals surface area contributed by atoms with Gasteiger partial charge in [-0.15, -0.1) is 0 Å². The fourth-order valence-electron chi connectivity index (χ4n) is 3.59. The molecule has 1 aromatic rings. The van der Waals surface area contributed by atoms with E-state index in [4.69, 9.17) is 9.47 Å². The van der Waals surface area contributed by atoms with Gasteiger partial charge in [0.1, 0.15) is 0 Å². The van der Waals surface area contributed by atoms with Crippen LogP contribution in [-0.2, 0) is 14.8 Å². The number of benzene rings is 1. The number of nitrogens with one attached hydrogen (secondary N) is 1. The summed E-state index contributed by atoms with van der Waals surface area (Å²) in [5.74, 6) is 1.55. The standard InChI is InChI=1S/C20H32N2O5S/c1-26-18-12-11-17(14-19(18)27-2)22(28(3,24)25)13-7-10-20(23)21-15-16-8-5-4-6-9-16/h11-12,14,16H,4-10,13,15H2,1-3H3,(H,21,23). The Morgan fingerprint density at radius 2 is 1.82 bits per heavy atom. The van der Waals surface area contributed by atoms with Gasteiger partial charge < -0.3 is 14.8 Å². The summed E-state index contributed by atoms with van der Waals surface area (Å²) >= 11 is 0. The van der Waals surface area contributed by atoms with Crippen molar-refractivity contribution in [1.29, 1.82) is 0 Å². The van der Waals surface area contributed by atoms with Gasteiger partial charge in [0, 0.05) is 25.6 Å². The van der Waals surface area contributed by atoms with Crippen molar-refractivity contribution in [1.82, 2.24) is 5.32 Å². The van der Waals surface area contributed by atoms with Crippen LogP contribution in [0.4, 0.5) is 5.69 Å². The van der Waals surface area contributed by atoms with E-state index in [1.807, 2.05) is 0 Å². The highest BCUT2D eigenvalue weighted by Crippen LogP contribution is 2.32. The summed E-state index contributed by atoms with van der Waals surface area (Å²) < 4.78 is 36.3. The number of nitrogens with zero attached hydrogens (tertiary/aromatic N) is 1. The molecular formula is C20H32N2O5S. The maximum atomic E-state index is 12.2. The van der Waals surface area contributed by atoms with E-state index >= 15 is 0 Å². The minimum Gasteiger partial charge on any atom is -0.493 e. The first-order valence-corrected chi connectivity index (χ1v) is 11.7. The van der Waals surface area contributed by atoms with Gasteiger partial charge in [-0.1, -0.05) is 19.3 Å². The molecule has 0 saturated heterocycles. The zero-order chi connectivity index (χ0) is 20.6. The number of anilines is 1. The molecule has 7 nitrogen and oxygen atoms in total. The van der Waals surface area contributed by atoms with E-state index in [-0.39, 0.29) is 12.5 Å². The average molecular weight is 413 g/mol. The van der Waals surface area contributed by atoms with E-state index in [2.05, 4.69) is 5.32 Å². The monoisotopic (exact) mass is 412 g/mol.